The number of hydrogen-bond donors (Lipinski definition) is 1. The summed E-state index contributed by atoms with van der Waals surface area (Å²) in [4.78, 5) is 12.1. The van der Waals surface area contributed by atoms with Gasteiger partial charge in [0.15, 0.2) is 0 Å². The number of benzene rings is 1. The van der Waals surface area contributed by atoms with Gasteiger partial charge >= 0.3 is 5.97 Å². The predicted molar refractivity (Wildman–Crippen MR) is 81.6 cm³/mol. The molecule has 0 saturated heterocycles. The Balaban J connectivity index is 3.00. The predicted octanol–water partition coefficient (Wildman–Crippen LogP) is 2.54. The Morgan fingerprint density at radius 2 is 1.90 bits per heavy atom. The monoisotopic (exact) mass is 313 g/mol. The molecule has 0 aliphatic heterocycles. The molecule has 118 valence electrons. The van der Waals surface area contributed by atoms with E-state index in [0.29, 0.717) is 17.7 Å². The van der Waals surface area contributed by atoms with E-state index in [-0.39, 0.29) is 16.4 Å². The van der Waals surface area contributed by atoms with Crippen molar-refractivity contribution in [1.29, 1.82) is 0 Å². The first-order valence-corrected chi connectivity index (χ1v) is 8.52. The summed E-state index contributed by atoms with van der Waals surface area (Å²) in [5, 5.41) is 5.16. The lowest BCUT2D eigenvalue weighted by Crippen LogP contribution is -2.17. The summed E-state index contributed by atoms with van der Waals surface area (Å²) in [5.41, 5.74) is 1.44. The highest BCUT2D eigenvalue weighted by Gasteiger charge is 2.19. The summed E-state index contributed by atoms with van der Waals surface area (Å²) in [6, 6.07) is 2.93. The lowest BCUT2D eigenvalue weighted by atomic mass is 10.1. The molecule has 21 heavy (non-hydrogen) atoms. The zero-order valence-corrected chi connectivity index (χ0v) is 13.8. The van der Waals surface area contributed by atoms with Crippen LogP contribution in [0.3, 0.4) is 0 Å². The highest BCUT2D eigenvalue weighted by atomic mass is 32.2. The Kier molecular flexibility index (Phi) is 5.92. The highest BCUT2D eigenvalue weighted by molar-refractivity contribution is 7.89. The fourth-order valence-corrected chi connectivity index (χ4v) is 3.02. The van der Waals surface area contributed by atoms with Gasteiger partial charge in [-0.25, -0.2) is 18.4 Å². The summed E-state index contributed by atoms with van der Waals surface area (Å²) in [7, 11) is -3.85. The first-order chi connectivity index (χ1) is 9.66. The maximum absolute atomic E-state index is 12.1. The van der Waals surface area contributed by atoms with Crippen molar-refractivity contribution in [1.82, 2.24) is 0 Å². The molecule has 0 saturated carbocycles. The van der Waals surface area contributed by atoms with Crippen LogP contribution in [0.25, 0.3) is 0 Å². The molecule has 6 heteroatoms. The Morgan fingerprint density at radius 3 is 2.43 bits per heavy atom. The average Bonchev–Trinajstić information content (AvgIpc) is 2.34. The molecule has 0 radical (unpaired) electrons. The molecule has 1 rings (SSSR count). The van der Waals surface area contributed by atoms with Gasteiger partial charge in [-0.2, -0.15) is 0 Å². The summed E-state index contributed by atoms with van der Waals surface area (Å²) < 4.78 is 28.3. The molecule has 0 fully saturated rings. The Morgan fingerprint density at radius 1 is 1.29 bits per heavy atom. The van der Waals surface area contributed by atoms with Gasteiger partial charge in [0.2, 0.25) is 10.0 Å². The molecule has 1 atom stereocenters. The molecule has 0 aliphatic rings. The molecular weight excluding hydrogens is 290 g/mol. The third-order valence-electron chi connectivity index (χ3n) is 3.33. The lowest BCUT2D eigenvalue weighted by molar-refractivity contribution is 0.0442. The maximum atomic E-state index is 12.1. The minimum absolute atomic E-state index is 0.0401. The van der Waals surface area contributed by atoms with E-state index < -0.39 is 16.0 Å². The average molecular weight is 313 g/mol. The second kappa shape index (κ2) is 7.04. The number of sulfonamides is 1. The topological polar surface area (TPSA) is 86.5 Å². The summed E-state index contributed by atoms with van der Waals surface area (Å²) in [6.07, 6.45) is 2.00. The van der Waals surface area contributed by atoms with Crippen LogP contribution in [0.15, 0.2) is 17.0 Å². The van der Waals surface area contributed by atoms with Crippen molar-refractivity contribution >= 4 is 16.0 Å². The number of carbonyl (C=O) groups excluding carboxylic acids is 1. The van der Waals surface area contributed by atoms with E-state index in [1.54, 1.807) is 19.9 Å². The van der Waals surface area contributed by atoms with Crippen LogP contribution < -0.4 is 5.14 Å². The van der Waals surface area contributed by atoms with Crippen LogP contribution in [-0.2, 0) is 14.8 Å². The van der Waals surface area contributed by atoms with Crippen molar-refractivity contribution in [2.45, 2.75) is 45.4 Å². The van der Waals surface area contributed by atoms with E-state index in [4.69, 9.17) is 9.88 Å². The summed E-state index contributed by atoms with van der Waals surface area (Å²) >= 11 is 0. The van der Waals surface area contributed by atoms with E-state index in [0.717, 1.165) is 12.8 Å². The molecule has 0 aliphatic carbocycles. The first-order valence-electron chi connectivity index (χ1n) is 6.98. The molecular formula is C15H23NO4S. The van der Waals surface area contributed by atoms with E-state index >= 15 is 0 Å². The van der Waals surface area contributed by atoms with Crippen molar-refractivity contribution in [3.8, 4) is 0 Å². The van der Waals surface area contributed by atoms with Gasteiger partial charge in [0.05, 0.1) is 17.1 Å². The van der Waals surface area contributed by atoms with Gasteiger partial charge in [0.25, 0.3) is 0 Å². The second-order valence-electron chi connectivity index (χ2n) is 5.47. The van der Waals surface area contributed by atoms with Crippen LogP contribution in [-0.4, -0.2) is 21.0 Å². The number of nitrogens with two attached hydrogens (primary N) is 1. The van der Waals surface area contributed by atoms with Crippen LogP contribution in [0.5, 0.6) is 0 Å². The molecule has 1 aromatic carbocycles. The number of rotatable bonds is 6. The molecule has 0 aromatic heterocycles. The minimum Gasteiger partial charge on any atom is -0.462 e. The Hall–Kier alpha value is -1.40. The van der Waals surface area contributed by atoms with Crippen LogP contribution in [0.4, 0.5) is 0 Å². The van der Waals surface area contributed by atoms with Gasteiger partial charge < -0.3 is 4.74 Å². The van der Waals surface area contributed by atoms with Crippen LogP contribution in [0.2, 0.25) is 0 Å². The number of carbonyl (C=O) groups is 1. The van der Waals surface area contributed by atoms with Crippen LogP contribution >= 0.6 is 0 Å². The quantitative estimate of drug-likeness (QED) is 0.818. The first kappa shape index (κ1) is 17.7. The number of hydrogen-bond acceptors (Lipinski definition) is 4. The number of primary sulfonamides is 1. The maximum Gasteiger partial charge on any atom is 0.338 e. The van der Waals surface area contributed by atoms with Crippen molar-refractivity contribution in [3.63, 3.8) is 0 Å². The highest BCUT2D eigenvalue weighted by Crippen LogP contribution is 2.20. The molecule has 5 nitrogen and oxygen atoms in total. The Labute approximate surface area is 126 Å². The van der Waals surface area contributed by atoms with Crippen molar-refractivity contribution in [3.05, 3.63) is 28.8 Å². The summed E-state index contributed by atoms with van der Waals surface area (Å²) in [6.45, 7) is 7.79. The van der Waals surface area contributed by atoms with Crippen LogP contribution in [0.1, 0.15) is 48.2 Å². The third kappa shape index (κ3) is 4.82. The molecule has 0 spiro atoms. The van der Waals surface area contributed by atoms with Gasteiger partial charge in [0.1, 0.15) is 0 Å². The normalized spacial score (nSPS) is 13.0. The van der Waals surface area contributed by atoms with Gasteiger partial charge in [-0.3, -0.25) is 0 Å². The van der Waals surface area contributed by atoms with Crippen LogP contribution in [0, 0.1) is 19.8 Å². The number of esters is 1. The minimum atomic E-state index is -3.85. The van der Waals surface area contributed by atoms with E-state index in [1.165, 1.54) is 6.07 Å². The zero-order valence-electron chi connectivity index (χ0n) is 13.0. The largest absolute Gasteiger partial charge is 0.462 e. The van der Waals surface area contributed by atoms with E-state index in [9.17, 15) is 13.2 Å². The smallest absolute Gasteiger partial charge is 0.338 e. The standard InChI is InChI=1S/C15H23NO4S/c1-5-6-10(2)9-20-15(17)13-8-14(21(16,18)19)12(4)7-11(13)3/h7-8,10H,5-6,9H2,1-4H3,(H2,16,18,19). The van der Waals surface area contributed by atoms with Gasteiger partial charge in [-0.15, -0.1) is 0 Å². The fourth-order valence-electron chi connectivity index (χ4n) is 2.23. The van der Waals surface area contributed by atoms with Gasteiger partial charge in [0, 0.05) is 0 Å². The van der Waals surface area contributed by atoms with E-state index in [2.05, 4.69) is 6.92 Å². The number of ether oxygens (including phenoxy) is 1. The second-order valence-corrected chi connectivity index (χ2v) is 7.00. The molecule has 0 bridgehead atoms. The van der Waals surface area contributed by atoms with E-state index in [1.807, 2.05) is 6.92 Å². The summed E-state index contributed by atoms with van der Waals surface area (Å²) in [5.74, 6) is -0.234. The number of aryl methyl sites for hydroxylation is 2. The van der Waals surface area contributed by atoms with Crippen molar-refractivity contribution in [2.24, 2.45) is 11.1 Å². The third-order valence-corrected chi connectivity index (χ3v) is 4.38. The lowest BCUT2D eigenvalue weighted by Gasteiger charge is -2.13. The van der Waals surface area contributed by atoms with Gasteiger partial charge in [-0.05, 0) is 43.4 Å². The molecule has 2 N–H and O–H groups in total. The Bertz CT molecular complexity index is 623. The fraction of sp³-hybridized carbons (Fsp3) is 0.533. The molecule has 0 amide bonds. The molecule has 1 unspecified atom stereocenters. The SMILES string of the molecule is CCCC(C)COC(=O)c1cc(S(N)(=O)=O)c(C)cc1C. The van der Waals surface area contributed by atoms with Crippen molar-refractivity contribution in [2.75, 3.05) is 6.61 Å². The van der Waals surface area contributed by atoms with Gasteiger partial charge in [-0.1, -0.05) is 26.3 Å². The zero-order chi connectivity index (χ0) is 16.2. The molecule has 1 aromatic rings. The molecule has 0 heterocycles. The van der Waals surface area contributed by atoms with Crippen molar-refractivity contribution < 1.29 is 17.9 Å².